The van der Waals surface area contributed by atoms with Crippen molar-refractivity contribution >= 4 is 11.7 Å². The molecule has 0 saturated heterocycles. The van der Waals surface area contributed by atoms with E-state index in [1.165, 1.54) is 0 Å². The summed E-state index contributed by atoms with van der Waals surface area (Å²) in [6.45, 7) is 1.87. The van der Waals surface area contributed by atoms with Gasteiger partial charge in [-0.05, 0) is 19.1 Å². The second-order valence-corrected chi connectivity index (χ2v) is 4.33. The van der Waals surface area contributed by atoms with Crippen LogP contribution < -0.4 is 14.8 Å². The summed E-state index contributed by atoms with van der Waals surface area (Å²) in [5, 5.41) is 6.82. The van der Waals surface area contributed by atoms with Crippen molar-refractivity contribution in [3.63, 3.8) is 0 Å². The van der Waals surface area contributed by atoms with E-state index < -0.39 is 0 Å². The molecule has 2 aromatic rings. The minimum absolute atomic E-state index is 0.264. The predicted octanol–water partition coefficient (Wildman–Crippen LogP) is 2.00. The van der Waals surface area contributed by atoms with Crippen LogP contribution >= 0.6 is 0 Å². The van der Waals surface area contributed by atoms with Gasteiger partial charge in [-0.25, -0.2) is 0 Å². The van der Waals surface area contributed by atoms with E-state index in [1.54, 1.807) is 50.3 Å². The van der Waals surface area contributed by atoms with Crippen LogP contribution in [0.25, 0.3) is 0 Å². The van der Waals surface area contributed by atoms with Crippen molar-refractivity contribution in [1.29, 1.82) is 0 Å². The van der Waals surface area contributed by atoms with Crippen molar-refractivity contribution in [3.05, 3.63) is 35.5 Å². The average Bonchev–Trinajstić information content (AvgIpc) is 2.84. The van der Waals surface area contributed by atoms with Crippen LogP contribution in [0.1, 0.15) is 15.9 Å². The van der Waals surface area contributed by atoms with E-state index >= 15 is 0 Å². The molecule has 0 aliphatic heterocycles. The number of ether oxygens (including phenoxy) is 2. The Morgan fingerprint density at radius 2 is 1.85 bits per heavy atom. The number of carbonyl (C=O) groups excluding carboxylic acids is 1. The average molecular weight is 275 g/mol. The van der Waals surface area contributed by atoms with Gasteiger partial charge >= 0.3 is 0 Å². The molecule has 1 N–H and O–H groups in total. The number of carbonyl (C=O) groups is 1. The number of aryl methyl sites for hydroxylation is 1. The summed E-state index contributed by atoms with van der Waals surface area (Å²) in [5.74, 6) is 1.45. The van der Waals surface area contributed by atoms with E-state index in [0.29, 0.717) is 22.9 Å². The maximum atomic E-state index is 12.2. The van der Waals surface area contributed by atoms with Crippen LogP contribution in [-0.4, -0.2) is 29.9 Å². The monoisotopic (exact) mass is 275 g/mol. The summed E-state index contributed by atoms with van der Waals surface area (Å²) in [7, 11) is 4.90. The molecule has 0 aliphatic rings. The number of aromatic nitrogens is 2. The fraction of sp³-hybridized carbons (Fsp3) is 0.286. The third-order valence-corrected chi connectivity index (χ3v) is 2.97. The zero-order valence-electron chi connectivity index (χ0n) is 11.9. The quantitative estimate of drug-likeness (QED) is 0.926. The number of rotatable bonds is 4. The summed E-state index contributed by atoms with van der Waals surface area (Å²) in [6.07, 6.45) is 1.76. The van der Waals surface area contributed by atoms with Crippen molar-refractivity contribution < 1.29 is 14.3 Å². The zero-order chi connectivity index (χ0) is 14.7. The summed E-state index contributed by atoms with van der Waals surface area (Å²) >= 11 is 0. The largest absolute Gasteiger partial charge is 0.496 e. The molecule has 0 fully saturated rings. The van der Waals surface area contributed by atoms with Gasteiger partial charge in [0.15, 0.2) is 5.82 Å². The van der Waals surface area contributed by atoms with Crippen LogP contribution in [0.15, 0.2) is 24.4 Å². The number of benzene rings is 1. The van der Waals surface area contributed by atoms with Crippen LogP contribution in [0.4, 0.5) is 5.82 Å². The summed E-state index contributed by atoms with van der Waals surface area (Å²) < 4.78 is 12.1. The Hall–Kier alpha value is -2.50. The maximum Gasteiger partial charge on any atom is 0.257 e. The number of hydrogen-bond acceptors (Lipinski definition) is 4. The first-order valence-electron chi connectivity index (χ1n) is 6.08. The van der Waals surface area contributed by atoms with Gasteiger partial charge in [-0.3, -0.25) is 9.48 Å². The second-order valence-electron chi connectivity index (χ2n) is 4.33. The first kappa shape index (κ1) is 13.9. The molecule has 0 radical (unpaired) electrons. The van der Waals surface area contributed by atoms with Crippen molar-refractivity contribution in [2.45, 2.75) is 6.92 Å². The molecule has 1 aromatic heterocycles. The van der Waals surface area contributed by atoms with Crippen LogP contribution in [0, 0.1) is 6.92 Å². The summed E-state index contributed by atoms with van der Waals surface area (Å²) in [4.78, 5) is 12.2. The maximum absolute atomic E-state index is 12.2. The van der Waals surface area contributed by atoms with Gasteiger partial charge in [0.25, 0.3) is 5.91 Å². The number of nitrogens with one attached hydrogen (secondary N) is 1. The van der Waals surface area contributed by atoms with E-state index in [4.69, 9.17) is 9.47 Å². The van der Waals surface area contributed by atoms with Gasteiger partial charge < -0.3 is 14.8 Å². The molecule has 2 rings (SSSR count). The molecule has 0 bridgehead atoms. The van der Waals surface area contributed by atoms with E-state index in [9.17, 15) is 4.79 Å². The molecule has 0 aliphatic carbocycles. The highest BCUT2D eigenvalue weighted by molar-refractivity contribution is 6.04. The first-order chi connectivity index (χ1) is 9.55. The molecule has 0 unspecified atom stereocenters. The lowest BCUT2D eigenvalue weighted by Gasteiger charge is -2.12. The molecule has 1 aromatic carbocycles. The number of anilines is 1. The molecule has 1 amide bonds. The van der Waals surface area contributed by atoms with Gasteiger partial charge in [0.1, 0.15) is 11.5 Å². The smallest absolute Gasteiger partial charge is 0.257 e. The summed E-state index contributed by atoms with van der Waals surface area (Å²) in [6, 6.07) is 5.08. The zero-order valence-corrected chi connectivity index (χ0v) is 11.9. The van der Waals surface area contributed by atoms with Gasteiger partial charge in [-0.1, -0.05) is 0 Å². The van der Waals surface area contributed by atoms with Gasteiger partial charge in [0.2, 0.25) is 0 Å². The van der Waals surface area contributed by atoms with Crippen molar-refractivity contribution in [2.24, 2.45) is 7.05 Å². The number of methoxy groups -OCH3 is 2. The molecule has 106 valence electrons. The lowest BCUT2D eigenvalue weighted by atomic mass is 10.1. The van der Waals surface area contributed by atoms with Crippen LogP contribution in [0.3, 0.4) is 0 Å². The highest BCUT2D eigenvalue weighted by Gasteiger charge is 2.14. The van der Waals surface area contributed by atoms with E-state index in [-0.39, 0.29) is 5.91 Å². The Kier molecular flexibility index (Phi) is 3.93. The van der Waals surface area contributed by atoms with E-state index in [1.807, 2.05) is 6.92 Å². The molecule has 0 saturated carbocycles. The molecule has 6 heteroatoms. The lowest BCUT2D eigenvalue weighted by Crippen LogP contribution is -2.13. The van der Waals surface area contributed by atoms with Gasteiger partial charge in [-0.2, -0.15) is 5.10 Å². The Morgan fingerprint density at radius 3 is 2.30 bits per heavy atom. The molecule has 1 heterocycles. The minimum Gasteiger partial charge on any atom is -0.496 e. The van der Waals surface area contributed by atoms with Crippen LogP contribution in [0.2, 0.25) is 0 Å². The van der Waals surface area contributed by atoms with Crippen molar-refractivity contribution in [1.82, 2.24) is 9.78 Å². The van der Waals surface area contributed by atoms with Gasteiger partial charge in [0, 0.05) is 30.4 Å². The first-order valence-corrected chi connectivity index (χ1v) is 6.08. The minimum atomic E-state index is -0.264. The molecular weight excluding hydrogens is 258 g/mol. The Balaban J connectivity index is 2.29. The van der Waals surface area contributed by atoms with Crippen LogP contribution in [-0.2, 0) is 7.05 Å². The molecule has 0 atom stereocenters. The van der Waals surface area contributed by atoms with Gasteiger partial charge in [-0.15, -0.1) is 0 Å². The third kappa shape index (κ3) is 2.74. The standard InChI is InChI=1S/C14H17N3O3/c1-9-11(19-3)7-10(8-12(9)20-4)14(18)15-13-5-6-17(2)16-13/h5-8H,1-4H3,(H,15,16,18). The fourth-order valence-corrected chi connectivity index (χ4v) is 1.89. The predicted molar refractivity (Wildman–Crippen MR) is 75.4 cm³/mol. The topological polar surface area (TPSA) is 65.4 Å². The van der Waals surface area contributed by atoms with Gasteiger partial charge in [0.05, 0.1) is 14.2 Å². The molecule has 20 heavy (non-hydrogen) atoms. The number of nitrogens with zero attached hydrogens (tertiary/aromatic N) is 2. The van der Waals surface area contributed by atoms with E-state index in [0.717, 1.165) is 5.56 Å². The highest BCUT2D eigenvalue weighted by Crippen LogP contribution is 2.29. The van der Waals surface area contributed by atoms with E-state index in [2.05, 4.69) is 10.4 Å². The molecule has 6 nitrogen and oxygen atoms in total. The highest BCUT2D eigenvalue weighted by atomic mass is 16.5. The fourth-order valence-electron chi connectivity index (χ4n) is 1.89. The van der Waals surface area contributed by atoms with Crippen LogP contribution in [0.5, 0.6) is 11.5 Å². The molecule has 0 spiro atoms. The number of amides is 1. The SMILES string of the molecule is COc1cc(C(=O)Nc2ccn(C)n2)cc(OC)c1C. The number of hydrogen-bond donors (Lipinski definition) is 1. The normalized spacial score (nSPS) is 10.2. The Morgan fingerprint density at radius 1 is 1.25 bits per heavy atom. The third-order valence-electron chi connectivity index (χ3n) is 2.97. The Labute approximate surface area is 117 Å². The summed E-state index contributed by atoms with van der Waals surface area (Å²) in [5.41, 5.74) is 1.30. The Bertz CT molecular complexity index is 609. The van der Waals surface area contributed by atoms with Crippen molar-refractivity contribution in [2.75, 3.05) is 19.5 Å². The lowest BCUT2D eigenvalue weighted by molar-refractivity contribution is 0.102. The second kappa shape index (κ2) is 5.64. The van der Waals surface area contributed by atoms with Crippen molar-refractivity contribution in [3.8, 4) is 11.5 Å². The molecular formula is C14H17N3O3.